The van der Waals surface area contributed by atoms with Gasteiger partial charge in [0.2, 0.25) is 0 Å². The first kappa shape index (κ1) is 21.2. The van der Waals surface area contributed by atoms with Crippen LogP contribution in [0, 0.1) is 0 Å². The summed E-state index contributed by atoms with van der Waals surface area (Å²) >= 11 is 0. The number of nitrogens with one attached hydrogen (secondary N) is 2. The van der Waals surface area contributed by atoms with E-state index in [4.69, 9.17) is 10.5 Å². The van der Waals surface area contributed by atoms with Crippen molar-refractivity contribution in [2.24, 2.45) is 0 Å². The van der Waals surface area contributed by atoms with Crippen LogP contribution in [0.4, 0.5) is 16.3 Å². The third kappa shape index (κ3) is 4.92. The molecule has 0 spiro atoms. The molecule has 0 saturated heterocycles. The Morgan fingerprint density at radius 2 is 1.77 bits per heavy atom. The first-order valence-electron chi connectivity index (χ1n) is 9.92. The van der Waals surface area contributed by atoms with E-state index in [1.165, 1.54) is 0 Å². The van der Waals surface area contributed by atoms with E-state index in [0.29, 0.717) is 30.2 Å². The Morgan fingerprint density at radius 1 is 1.10 bits per heavy atom. The lowest BCUT2D eigenvalue weighted by atomic mass is 10.1. The molecule has 1 heterocycles. The fraction of sp³-hybridized carbons (Fsp3) is 0.304. The number of ether oxygens (including phenoxy) is 1. The summed E-state index contributed by atoms with van der Waals surface area (Å²) in [4.78, 5) is 12.6. The highest BCUT2D eigenvalue weighted by atomic mass is 16.5. The molecule has 0 aliphatic carbocycles. The van der Waals surface area contributed by atoms with Crippen molar-refractivity contribution in [2.45, 2.75) is 32.7 Å². The molecule has 3 rings (SSSR count). The van der Waals surface area contributed by atoms with Gasteiger partial charge in [0.05, 0.1) is 12.6 Å². The number of nitrogens with two attached hydrogens (primary N) is 1. The smallest absolute Gasteiger partial charge is 0.319 e. The lowest BCUT2D eigenvalue weighted by Crippen LogP contribution is -2.31. The van der Waals surface area contributed by atoms with Gasteiger partial charge in [0.25, 0.3) is 0 Å². The summed E-state index contributed by atoms with van der Waals surface area (Å²) in [6.07, 6.45) is 0.708. The molecule has 0 saturated carbocycles. The maximum atomic E-state index is 12.6. The molecule has 3 aromatic rings. The van der Waals surface area contributed by atoms with Crippen molar-refractivity contribution in [3.63, 3.8) is 0 Å². The first-order valence-corrected chi connectivity index (χ1v) is 9.92. The van der Waals surface area contributed by atoms with Crippen LogP contribution in [-0.4, -0.2) is 29.5 Å². The van der Waals surface area contributed by atoms with Gasteiger partial charge in [-0.25, -0.2) is 9.48 Å². The van der Waals surface area contributed by atoms with Gasteiger partial charge in [-0.2, -0.15) is 5.10 Å². The minimum Gasteiger partial charge on any atom is -0.497 e. The van der Waals surface area contributed by atoms with E-state index in [1.54, 1.807) is 11.8 Å². The van der Waals surface area contributed by atoms with Gasteiger partial charge >= 0.3 is 6.03 Å². The molecule has 2 amide bonds. The van der Waals surface area contributed by atoms with Crippen molar-refractivity contribution in [3.05, 3.63) is 60.2 Å². The van der Waals surface area contributed by atoms with E-state index in [9.17, 15) is 4.79 Å². The van der Waals surface area contributed by atoms with E-state index in [1.807, 2.05) is 75.4 Å². The monoisotopic (exact) mass is 407 g/mol. The molecular formula is C23H29N5O2. The Hall–Kier alpha value is -3.48. The second kappa shape index (κ2) is 8.90. The molecule has 30 heavy (non-hydrogen) atoms. The summed E-state index contributed by atoms with van der Waals surface area (Å²) in [6.45, 7) is 6.55. The molecule has 0 unspecified atom stereocenters. The highest BCUT2D eigenvalue weighted by Crippen LogP contribution is 2.35. The average molecular weight is 408 g/mol. The van der Waals surface area contributed by atoms with Gasteiger partial charge in [0, 0.05) is 12.1 Å². The number of benzene rings is 2. The van der Waals surface area contributed by atoms with Crippen LogP contribution >= 0.6 is 0 Å². The lowest BCUT2D eigenvalue weighted by molar-refractivity contribution is 0.252. The molecule has 7 heteroatoms. The molecule has 0 atom stereocenters. The molecule has 0 bridgehead atoms. The SMILES string of the molecule is COc1ccc(CCNC(=O)Nc2c(-c3ccccc3)nn(C(C)(C)C)c2N)cc1. The van der Waals surface area contributed by atoms with Gasteiger partial charge in [-0.1, -0.05) is 42.5 Å². The number of carbonyl (C=O) groups is 1. The molecule has 1 aromatic heterocycles. The van der Waals surface area contributed by atoms with Crippen molar-refractivity contribution in [2.75, 3.05) is 24.7 Å². The van der Waals surface area contributed by atoms with Gasteiger partial charge in [-0.3, -0.25) is 0 Å². The summed E-state index contributed by atoms with van der Waals surface area (Å²) in [5.74, 6) is 1.23. The number of nitrogen functional groups attached to an aromatic ring is 1. The molecule has 0 radical (unpaired) electrons. The van der Waals surface area contributed by atoms with E-state index < -0.39 is 0 Å². The Kier molecular flexibility index (Phi) is 6.30. The fourth-order valence-electron chi connectivity index (χ4n) is 3.13. The Morgan fingerprint density at radius 3 is 2.37 bits per heavy atom. The van der Waals surface area contributed by atoms with E-state index in [0.717, 1.165) is 16.9 Å². The number of aromatic nitrogens is 2. The number of anilines is 2. The molecule has 2 aromatic carbocycles. The summed E-state index contributed by atoms with van der Waals surface area (Å²) in [5.41, 5.74) is 9.21. The van der Waals surface area contributed by atoms with Crippen LogP contribution < -0.4 is 21.1 Å². The van der Waals surface area contributed by atoms with Crippen molar-refractivity contribution in [3.8, 4) is 17.0 Å². The second-order valence-electron chi connectivity index (χ2n) is 8.04. The molecule has 0 aliphatic heterocycles. The van der Waals surface area contributed by atoms with Crippen LogP contribution in [-0.2, 0) is 12.0 Å². The van der Waals surface area contributed by atoms with Gasteiger partial charge < -0.3 is 21.1 Å². The zero-order chi connectivity index (χ0) is 21.7. The minimum atomic E-state index is -0.321. The first-order chi connectivity index (χ1) is 14.3. The summed E-state index contributed by atoms with van der Waals surface area (Å²) < 4.78 is 6.90. The van der Waals surface area contributed by atoms with Crippen molar-refractivity contribution in [1.29, 1.82) is 0 Å². The Bertz CT molecular complexity index is 989. The Labute approximate surface area is 177 Å². The predicted molar refractivity (Wildman–Crippen MR) is 121 cm³/mol. The lowest BCUT2D eigenvalue weighted by Gasteiger charge is -2.20. The third-order valence-electron chi connectivity index (χ3n) is 4.70. The standard InChI is InChI=1S/C23H29N5O2/c1-23(2,3)28-21(24)20(19(27-28)17-8-6-5-7-9-17)26-22(29)25-15-14-16-10-12-18(30-4)13-11-16/h5-13H,14-15,24H2,1-4H3,(H2,25,26,29). The minimum absolute atomic E-state index is 0.319. The molecular weight excluding hydrogens is 378 g/mol. The summed E-state index contributed by atoms with van der Waals surface area (Å²) in [6, 6.07) is 17.2. The highest BCUT2D eigenvalue weighted by Gasteiger charge is 2.25. The summed E-state index contributed by atoms with van der Waals surface area (Å²) in [5, 5.41) is 10.5. The maximum absolute atomic E-state index is 12.6. The zero-order valence-corrected chi connectivity index (χ0v) is 17.9. The van der Waals surface area contributed by atoms with Crippen molar-refractivity contribution < 1.29 is 9.53 Å². The molecule has 0 fully saturated rings. The highest BCUT2D eigenvalue weighted by molar-refractivity contribution is 5.97. The molecule has 4 N–H and O–H groups in total. The number of carbonyl (C=O) groups excluding carboxylic acids is 1. The number of rotatable bonds is 6. The third-order valence-corrected chi connectivity index (χ3v) is 4.70. The van der Waals surface area contributed by atoms with Crippen LogP contribution in [0.5, 0.6) is 5.75 Å². The number of nitrogens with zero attached hydrogens (tertiary/aromatic N) is 2. The zero-order valence-electron chi connectivity index (χ0n) is 17.9. The van der Waals surface area contributed by atoms with Crippen molar-refractivity contribution in [1.82, 2.24) is 15.1 Å². The van der Waals surface area contributed by atoms with Gasteiger partial charge in [0.15, 0.2) is 0 Å². The molecule has 158 valence electrons. The summed E-state index contributed by atoms with van der Waals surface area (Å²) in [7, 11) is 1.64. The van der Waals surface area contributed by atoms with Gasteiger partial charge in [-0.15, -0.1) is 0 Å². The largest absolute Gasteiger partial charge is 0.497 e. The van der Waals surface area contributed by atoms with Crippen LogP contribution in [0.25, 0.3) is 11.3 Å². The number of urea groups is 1. The fourth-order valence-corrected chi connectivity index (χ4v) is 3.13. The van der Waals surface area contributed by atoms with Gasteiger partial charge in [0.1, 0.15) is 22.9 Å². The maximum Gasteiger partial charge on any atom is 0.319 e. The number of amides is 2. The van der Waals surface area contributed by atoms with E-state index >= 15 is 0 Å². The normalized spacial score (nSPS) is 11.2. The predicted octanol–water partition coefficient (Wildman–Crippen LogP) is 4.26. The number of hydrogen-bond acceptors (Lipinski definition) is 4. The van der Waals surface area contributed by atoms with Crippen molar-refractivity contribution >= 4 is 17.5 Å². The number of methoxy groups -OCH3 is 1. The Balaban J connectivity index is 1.72. The molecule has 0 aliphatic rings. The van der Waals surface area contributed by atoms with Crippen LogP contribution in [0.1, 0.15) is 26.3 Å². The van der Waals surface area contributed by atoms with Crippen LogP contribution in [0.3, 0.4) is 0 Å². The average Bonchev–Trinajstić information content (AvgIpc) is 3.06. The number of hydrogen-bond donors (Lipinski definition) is 3. The topological polar surface area (TPSA) is 94.2 Å². The van der Waals surface area contributed by atoms with E-state index in [2.05, 4.69) is 15.7 Å². The second-order valence-corrected chi connectivity index (χ2v) is 8.04. The van der Waals surface area contributed by atoms with E-state index in [-0.39, 0.29) is 11.6 Å². The van der Waals surface area contributed by atoms with Crippen LogP contribution in [0.15, 0.2) is 54.6 Å². The van der Waals surface area contributed by atoms with Crippen LogP contribution in [0.2, 0.25) is 0 Å². The molecule has 7 nitrogen and oxygen atoms in total. The quantitative estimate of drug-likeness (QED) is 0.569. The van der Waals surface area contributed by atoms with Gasteiger partial charge in [-0.05, 0) is 44.9 Å².